The van der Waals surface area contributed by atoms with E-state index in [4.69, 9.17) is 0 Å². The van der Waals surface area contributed by atoms with Crippen molar-refractivity contribution in [3.8, 4) is 0 Å². The van der Waals surface area contributed by atoms with Crippen LogP contribution < -0.4 is 0 Å². The van der Waals surface area contributed by atoms with Gasteiger partial charge >= 0.3 is 0 Å². The van der Waals surface area contributed by atoms with Crippen LogP contribution in [0.15, 0.2) is 0 Å². The van der Waals surface area contributed by atoms with Crippen molar-refractivity contribution in [1.82, 2.24) is 0 Å². The van der Waals surface area contributed by atoms with Gasteiger partial charge in [0.2, 0.25) is 0 Å². The summed E-state index contributed by atoms with van der Waals surface area (Å²) in [5.41, 5.74) is 0. The maximum Gasteiger partial charge on any atom is 0 e. The summed E-state index contributed by atoms with van der Waals surface area (Å²) < 4.78 is 0. The summed E-state index contributed by atoms with van der Waals surface area (Å²) in [6.07, 6.45) is 0. The van der Waals surface area contributed by atoms with Crippen LogP contribution in [0.5, 0.6) is 0 Å². The van der Waals surface area contributed by atoms with Gasteiger partial charge in [-0.15, -0.1) is 0 Å². The van der Waals surface area contributed by atoms with Crippen molar-refractivity contribution in [3.05, 3.63) is 0 Å². The molecule has 0 N–H and O–H groups in total. The van der Waals surface area contributed by atoms with E-state index in [-0.39, 0.29) is 85.8 Å². The van der Waals surface area contributed by atoms with Crippen LogP contribution in [-0.4, -0.2) is 19.4 Å². The third-order valence-electron chi connectivity index (χ3n) is 0. The zero-order valence-electron chi connectivity index (χ0n) is 2.39. The summed E-state index contributed by atoms with van der Waals surface area (Å²) in [6, 6.07) is 0. The largest absolute Gasteiger partial charge is 0.153 e. The first-order chi connectivity index (χ1) is 0. The van der Waals surface area contributed by atoms with Crippen molar-refractivity contribution in [2.24, 2.45) is 0 Å². The van der Waals surface area contributed by atoms with E-state index in [0.29, 0.717) is 0 Å². The molecular formula is H7BCuFeNbPSi. The first kappa shape index (κ1) is 76.8. The summed E-state index contributed by atoms with van der Waals surface area (Å²) in [6.45, 7) is 0. The monoisotopic (exact) mass is 289 g/mol. The minimum absolute atomic E-state index is 0. The van der Waals surface area contributed by atoms with E-state index in [1.165, 1.54) is 0 Å². The molecule has 0 saturated carbocycles. The van der Waals surface area contributed by atoms with Crippen LogP contribution >= 0.6 is 9.90 Å². The molecule has 0 nitrogen and oxygen atoms in total. The molecule has 6 heteroatoms. The number of hydrogen-bond donors (Lipinski definition) is 0. The van der Waals surface area contributed by atoms with E-state index < -0.39 is 0 Å². The molecule has 0 rings (SSSR count). The molecule has 0 heterocycles. The van der Waals surface area contributed by atoms with Crippen molar-refractivity contribution < 1.29 is 56.5 Å². The van der Waals surface area contributed by atoms with Gasteiger partial charge in [0.15, 0.2) is 0 Å². The van der Waals surface area contributed by atoms with Gasteiger partial charge in [-0.2, -0.15) is 9.90 Å². The predicted molar refractivity (Wildman–Crippen MR) is 28.2 cm³/mol. The normalized spacial score (nSPS) is 0. The summed E-state index contributed by atoms with van der Waals surface area (Å²) in [5.74, 6) is 0. The first-order valence-electron chi connectivity index (χ1n) is 0. The molecule has 0 saturated heterocycles. The molecule has 0 aromatic carbocycles. The third kappa shape index (κ3) is 31.5. The second kappa shape index (κ2) is 50.9. The Kier molecular flexibility index (Phi) is 651. The Morgan fingerprint density at radius 2 is 1.00 bits per heavy atom. The van der Waals surface area contributed by atoms with Gasteiger partial charge in [-0.3, -0.25) is 0 Å². The van der Waals surface area contributed by atoms with Gasteiger partial charge in [0.1, 0.15) is 0 Å². The predicted octanol–water partition coefficient (Wildman–Crippen LogP) is -1.78. The Morgan fingerprint density at radius 1 is 1.00 bits per heavy atom. The van der Waals surface area contributed by atoms with Crippen molar-refractivity contribution in [3.63, 3.8) is 0 Å². The smallest absolute Gasteiger partial charge is 0 e. The second-order valence-electron chi connectivity index (χ2n) is 0. The van der Waals surface area contributed by atoms with Crippen LogP contribution in [0.1, 0.15) is 0 Å². The summed E-state index contributed by atoms with van der Waals surface area (Å²) in [5, 5.41) is 0. The zero-order chi connectivity index (χ0) is 0. The van der Waals surface area contributed by atoms with Gasteiger partial charge in [-0.25, -0.2) is 0 Å². The molecule has 0 aromatic heterocycles. The standard InChI is InChI=1S/B.Cu.Fe.Nb.H3P.H4Si/h;;;;1H3;1H4. The SMILES string of the molecule is P.[B].[Cu].[Fe].[Nb].[SiH4]. The van der Waals surface area contributed by atoms with Gasteiger partial charge in [0, 0.05) is 64.9 Å². The Hall–Kier alpha value is 2.49. The van der Waals surface area contributed by atoms with Crippen LogP contribution in [0.3, 0.4) is 0 Å². The number of hydrogen-bond acceptors (Lipinski definition) is 0. The van der Waals surface area contributed by atoms with Gasteiger partial charge in [0.25, 0.3) is 0 Å². The average molecular weight is 289 g/mol. The van der Waals surface area contributed by atoms with E-state index in [1.54, 1.807) is 0 Å². The molecule has 1 atom stereocenters. The van der Waals surface area contributed by atoms with Crippen molar-refractivity contribution in [2.75, 3.05) is 0 Å². The quantitative estimate of drug-likeness (QED) is 0.365. The molecule has 0 aliphatic carbocycles. The molecule has 0 fully saturated rings. The molecule has 1 unspecified atom stereocenters. The fourth-order valence-electron chi connectivity index (χ4n) is 0. The molecule has 0 aliphatic heterocycles. The van der Waals surface area contributed by atoms with Crippen LogP contribution in [0.25, 0.3) is 0 Å². The van der Waals surface area contributed by atoms with E-state index in [2.05, 4.69) is 0 Å². The van der Waals surface area contributed by atoms with Gasteiger partial charge in [0.05, 0.1) is 0 Å². The van der Waals surface area contributed by atoms with Crippen molar-refractivity contribution in [2.45, 2.75) is 0 Å². The molecule has 0 amide bonds. The van der Waals surface area contributed by atoms with Crippen molar-refractivity contribution in [1.29, 1.82) is 0 Å². The second-order valence-corrected chi connectivity index (χ2v) is 0. The van der Waals surface area contributed by atoms with E-state index in [0.717, 1.165) is 0 Å². The molecule has 0 spiro atoms. The Morgan fingerprint density at radius 3 is 1.00 bits per heavy atom. The first-order valence-corrected chi connectivity index (χ1v) is 0. The van der Waals surface area contributed by atoms with Gasteiger partial charge < -0.3 is 0 Å². The van der Waals surface area contributed by atoms with Crippen LogP contribution in [-0.2, 0) is 56.5 Å². The fourth-order valence-corrected chi connectivity index (χ4v) is 0. The fraction of sp³-hybridized carbons (Fsp3) is 0. The zero-order valence-corrected chi connectivity index (χ0v) is 8.05. The molecule has 0 aliphatic rings. The minimum atomic E-state index is 0. The van der Waals surface area contributed by atoms with E-state index >= 15 is 0 Å². The van der Waals surface area contributed by atoms with Crippen LogP contribution in [0, 0.1) is 0 Å². The summed E-state index contributed by atoms with van der Waals surface area (Å²) in [7, 11) is 0. The number of rotatable bonds is 0. The Labute approximate surface area is 85.0 Å². The minimum Gasteiger partial charge on any atom is -0.153 e. The third-order valence-corrected chi connectivity index (χ3v) is 0. The summed E-state index contributed by atoms with van der Waals surface area (Å²) >= 11 is 0. The molecule has 6 heavy (non-hydrogen) atoms. The Bertz CT molecular complexity index is 15.5. The Balaban J connectivity index is 0. The average Bonchev–Trinajstić information content (AvgIpc) is 0. The molecule has 43 valence electrons. The van der Waals surface area contributed by atoms with Gasteiger partial charge in [-0.05, 0) is 11.0 Å². The van der Waals surface area contributed by atoms with Crippen LogP contribution in [0.4, 0.5) is 0 Å². The summed E-state index contributed by atoms with van der Waals surface area (Å²) in [4.78, 5) is 0. The molecule has 0 aromatic rings. The maximum absolute atomic E-state index is 0. The topological polar surface area (TPSA) is 0 Å². The van der Waals surface area contributed by atoms with Crippen molar-refractivity contribution >= 4 is 29.3 Å². The molecule has 5 radical (unpaired) electrons. The van der Waals surface area contributed by atoms with Gasteiger partial charge in [-0.1, -0.05) is 0 Å². The molecular weight excluding hydrogens is 282 g/mol. The van der Waals surface area contributed by atoms with Crippen LogP contribution in [0.2, 0.25) is 0 Å². The maximum atomic E-state index is 0. The van der Waals surface area contributed by atoms with E-state index in [1.807, 2.05) is 0 Å². The van der Waals surface area contributed by atoms with E-state index in [9.17, 15) is 0 Å². The molecule has 0 bridgehead atoms.